The second-order valence-electron chi connectivity index (χ2n) is 14.1. The quantitative estimate of drug-likeness (QED) is 0.206. The van der Waals surface area contributed by atoms with Crippen LogP contribution in [0.3, 0.4) is 0 Å². The van der Waals surface area contributed by atoms with Gasteiger partial charge in [-0.15, -0.1) is 0 Å². The van der Waals surface area contributed by atoms with E-state index in [4.69, 9.17) is 18.9 Å². The summed E-state index contributed by atoms with van der Waals surface area (Å²) in [5.74, 6) is -3.35. The first-order chi connectivity index (χ1) is 22.1. The van der Waals surface area contributed by atoms with Crippen LogP contribution in [0.2, 0.25) is 0 Å². The number of aliphatic hydroxyl groups excluding tert-OH is 3. The third kappa shape index (κ3) is 4.85. The van der Waals surface area contributed by atoms with Crippen molar-refractivity contribution in [1.29, 1.82) is 0 Å². The van der Waals surface area contributed by atoms with E-state index in [0.717, 1.165) is 0 Å². The highest BCUT2D eigenvalue weighted by molar-refractivity contribution is 5.90. The minimum absolute atomic E-state index is 0.0157. The zero-order valence-electron chi connectivity index (χ0n) is 27.1. The average Bonchev–Trinajstić information content (AvgIpc) is 3.28. The smallest absolute Gasteiger partial charge is 0.338 e. The molecule has 3 fully saturated rings. The third-order valence-electron chi connectivity index (χ3n) is 11.2. The summed E-state index contributed by atoms with van der Waals surface area (Å²) in [6, 6.07) is 16.5. The number of aliphatic hydroxyl groups is 4. The fourth-order valence-electron chi connectivity index (χ4n) is 8.93. The highest BCUT2D eigenvalue weighted by Gasteiger charge is 2.79. The van der Waals surface area contributed by atoms with Gasteiger partial charge in [-0.1, -0.05) is 43.3 Å². The minimum Gasteiger partial charge on any atom is -0.458 e. The maximum atomic E-state index is 14.0. The molecular weight excluding hydrogens is 608 g/mol. The van der Waals surface area contributed by atoms with E-state index in [2.05, 4.69) is 0 Å². The normalized spacial score (nSPS) is 37.8. The number of carbonyl (C=O) groups is 3. The molecule has 1 saturated heterocycles. The summed E-state index contributed by atoms with van der Waals surface area (Å²) in [5, 5.41) is 48.0. The Morgan fingerprint density at radius 2 is 1.47 bits per heavy atom. The molecule has 252 valence electrons. The van der Waals surface area contributed by atoms with Gasteiger partial charge in [0.2, 0.25) is 0 Å². The van der Waals surface area contributed by atoms with Crippen LogP contribution in [-0.2, 0) is 23.7 Å². The summed E-state index contributed by atoms with van der Waals surface area (Å²) in [6.07, 6.45) is -8.26. The molecule has 2 aromatic carbocycles. The van der Waals surface area contributed by atoms with Gasteiger partial charge in [0.1, 0.15) is 24.4 Å². The van der Waals surface area contributed by atoms with Crippen LogP contribution in [0, 0.1) is 16.7 Å². The first-order valence-corrected chi connectivity index (χ1v) is 15.9. The topological polar surface area (TPSA) is 169 Å². The van der Waals surface area contributed by atoms with E-state index in [1.54, 1.807) is 74.5 Å². The Hall–Kier alpha value is -3.61. The van der Waals surface area contributed by atoms with Crippen LogP contribution < -0.4 is 0 Å². The van der Waals surface area contributed by atoms with Crippen LogP contribution >= 0.6 is 0 Å². The molecule has 0 amide bonds. The molecule has 0 radical (unpaired) electrons. The van der Waals surface area contributed by atoms with Crippen molar-refractivity contribution < 1.29 is 53.8 Å². The van der Waals surface area contributed by atoms with E-state index in [1.165, 1.54) is 20.8 Å². The van der Waals surface area contributed by atoms with Crippen molar-refractivity contribution >= 4 is 17.9 Å². The lowest BCUT2D eigenvalue weighted by molar-refractivity contribution is -0.350. The average molecular weight is 651 g/mol. The van der Waals surface area contributed by atoms with Crippen LogP contribution in [-0.4, -0.2) is 92.8 Å². The van der Waals surface area contributed by atoms with E-state index in [-0.39, 0.29) is 36.1 Å². The van der Waals surface area contributed by atoms with Crippen molar-refractivity contribution in [2.75, 3.05) is 6.61 Å². The largest absolute Gasteiger partial charge is 0.458 e. The summed E-state index contributed by atoms with van der Waals surface area (Å²) in [5.41, 5.74) is -5.83. The third-order valence-corrected chi connectivity index (χ3v) is 11.2. The molecule has 1 heterocycles. The number of ether oxygens (including phenoxy) is 4. The maximum Gasteiger partial charge on any atom is 0.338 e. The van der Waals surface area contributed by atoms with Gasteiger partial charge in [-0.05, 0) is 62.6 Å². The SMILES string of the molecule is CC(=O)O[C@@]12COC1CC(OC(=O)c1ccccc1)[C@@]1(C)C(O)C(O)C3=C(C)C(O)C[C@]3(C(C)(C)O)C(OC(=O)c3ccccc3)[C@@H]12. The van der Waals surface area contributed by atoms with Crippen molar-refractivity contribution in [3.05, 3.63) is 82.9 Å². The van der Waals surface area contributed by atoms with Crippen LogP contribution in [0.4, 0.5) is 0 Å². The van der Waals surface area contributed by atoms with Gasteiger partial charge in [0.05, 0.1) is 46.9 Å². The monoisotopic (exact) mass is 650 g/mol. The number of carbonyl (C=O) groups excluding carboxylic acids is 3. The van der Waals surface area contributed by atoms with Gasteiger partial charge in [-0.2, -0.15) is 0 Å². The van der Waals surface area contributed by atoms with E-state index in [9.17, 15) is 34.8 Å². The highest BCUT2D eigenvalue weighted by Crippen LogP contribution is 2.68. The Labute approximate surface area is 273 Å². The van der Waals surface area contributed by atoms with E-state index in [0.29, 0.717) is 5.57 Å². The number of benzene rings is 2. The van der Waals surface area contributed by atoms with Crippen molar-refractivity contribution in [2.45, 2.75) is 95.3 Å². The molecule has 4 N–H and O–H groups in total. The highest BCUT2D eigenvalue weighted by atomic mass is 16.6. The minimum atomic E-state index is -1.79. The molecule has 11 heteroatoms. The lowest BCUT2D eigenvalue weighted by Crippen LogP contribution is -2.79. The van der Waals surface area contributed by atoms with Crippen molar-refractivity contribution in [1.82, 2.24) is 0 Å². The number of hydrogen-bond donors (Lipinski definition) is 4. The Morgan fingerprint density at radius 3 is 1.96 bits per heavy atom. The molecule has 0 aromatic heterocycles. The van der Waals surface area contributed by atoms with Gasteiger partial charge >= 0.3 is 17.9 Å². The first kappa shape index (κ1) is 33.3. The molecule has 4 aliphatic rings. The molecule has 1 aliphatic heterocycles. The zero-order chi connectivity index (χ0) is 34.1. The Bertz CT molecular complexity index is 1580. The van der Waals surface area contributed by atoms with Gasteiger partial charge < -0.3 is 39.4 Å². The van der Waals surface area contributed by atoms with E-state index < -0.39 is 82.5 Å². The fourth-order valence-corrected chi connectivity index (χ4v) is 8.93. The molecule has 6 unspecified atom stereocenters. The Morgan fingerprint density at radius 1 is 0.915 bits per heavy atom. The van der Waals surface area contributed by atoms with Crippen LogP contribution in [0.15, 0.2) is 71.8 Å². The van der Waals surface area contributed by atoms with Crippen molar-refractivity contribution in [3.63, 3.8) is 0 Å². The molecule has 2 saturated carbocycles. The first-order valence-electron chi connectivity index (χ1n) is 15.9. The lowest BCUT2D eigenvalue weighted by Gasteiger charge is -2.65. The van der Waals surface area contributed by atoms with Crippen molar-refractivity contribution in [3.8, 4) is 0 Å². The molecule has 3 aliphatic carbocycles. The fraction of sp³-hybridized carbons (Fsp3) is 0.528. The van der Waals surface area contributed by atoms with Crippen LogP contribution in [0.1, 0.15) is 68.2 Å². The predicted molar refractivity (Wildman–Crippen MR) is 166 cm³/mol. The molecule has 10 atom stereocenters. The summed E-state index contributed by atoms with van der Waals surface area (Å²) in [6.45, 7) is 7.28. The second-order valence-corrected chi connectivity index (χ2v) is 14.1. The van der Waals surface area contributed by atoms with Crippen LogP contribution in [0.5, 0.6) is 0 Å². The zero-order valence-corrected chi connectivity index (χ0v) is 27.1. The molecule has 0 spiro atoms. The summed E-state index contributed by atoms with van der Waals surface area (Å²) in [4.78, 5) is 40.4. The standard InChI is InChI=1S/C36H42O11/c1-19-23(38)17-35(33(3,4)43)26(19)27(39)29(40)34(5)24(45-31(41)21-12-8-6-9-13-21)16-25-36(18-44-25,47-20(2)37)28(34)30(35)46-32(42)22-14-10-7-11-15-22/h6-15,23-25,27-30,38-40,43H,16-18H2,1-5H3/t23?,24?,25?,27?,28-,29?,30?,34+,35+,36-/m0/s1. The molecule has 0 bridgehead atoms. The number of rotatable bonds is 6. The second kappa shape index (κ2) is 11.5. The van der Waals surface area contributed by atoms with Gasteiger partial charge in [-0.3, -0.25) is 4.79 Å². The molecule has 11 nitrogen and oxygen atoms in total. The van der Waals surface area contributed by atoms with E-state index in [1.807, 2.05) is 0 Å². The van der Waals surface area contributed by atoms with Crippen LogP contribution in [0.25, 0.3) is 0 Å². The summed E-state index contributed by atoms with van der Waals surface area (Å²) < 4.78 is 24.7. The Balaban J connectivity index is 1.63. The summed E-state index contributed by atoms with van der Waals surface area (Å²) >= 11 is 0. The number of esters is 3. The van der Waals surface area contributed by atoms with Gasteiger partial charge in [-0.25, -0.2) is 9.59 Å². The summed E-state index contributed by atoms with van der Waals surface area (Å²) in [7, 11) is 0. The number of fused-ring (bicyclic) bond motifs is 4. The lowest BCUT2D eigenvalue weighted by atomic mass is 9.49. The van der Waals surface area contributed by atoms with E-state index >= 15 is 0 Å². The van der Waals surface area contributed by atoms with Crippen molar-refractivity contribution in [2.24, 2.45) is 16.7 Å². The van der Waals surface area contributed by atoms with Gasteiger partial charge in [0, 0.05) is 18.8 Å². The van der Waals surface area contributed by atoms with Gasteiger partial charge in [0.25, 0.3) is 0 Å². The predicted octanol–water partition coefficient (Wildman–Crippen LogP) is 2.74. The van der Waals surface area contributed by atoms with Gasteiger partial charge in [0.15, 0.2) is 5.60 Å². The maximum absolute atomic E-state index is 14.0. The molecule has 6 rings (SSSR count). The Kier molecular flexibility index (Phi) is 8.16. The molecule has 2 aromatic rings. The molecule has 47 heavy (non-hydrogen) atoms. The number of hydrogen-bond acceptors (Lipinski definition) is 11. The molecular formula is C36H42O11.